The monoisotopic (exact) mass is 355 g/mol. The van der Waals surface area contributed by atoms with Gasteiger partial charge in [0.2, 0.25) is 5.91 Å². The van der Waals surface area contributed by atoms with Gasteiger partial charge in [-0.1, -0.05) is 17.4 Å². The maximum absolute atomic E-state index is 11.8. The van der Waals surface area contributed by atoms with Crippen LogP contribution in [0.1, 0.15) is 12.8 Å². The second kappa shape index (κ2) is 6.14. The summed E-state index contributed by atoms with van der Waals surface area (Å²) >= 11 is 1.37. The van der Waals surface area contributed by atoms with Crippen molar-refractivity contribution in [1.82, 2.24) is 4.98 Å². The molecule has 25 heavy (non-hydrogen) atoms. The molecule has 0 unspecified atom stereocenters. The number of aromatic nitrogens is 1. The smallest absolute Gasteiger partial charge is 0.273 e. The van der Waals surface area contributed by atoms with Crippen LogP contribution in [0.15, 0.2) is 42.5 Å². The van der Waals surface area contributed by atoms with Gasteiger partial charge in [0.25, 0.3) is 5.69 Å². The fourth-order valence-corrected chi connectivity index (χ4v) is 3.27. The summed E-state index contributed by atoms with van der Waals surface area (Å²) in [6.45, 7) is 0. The van der Waals surface area contributed by atoms with Gasteiger partial charge in [-0.15, -0.1) is 0 Å². The molecule has 126 valence electrons. The van der Waals surface area contributed by atoms with Crippen molar-refractivity contribution in [3.05, 3.63) is 52.6 Å². The molecule has 1 aliphatic carbocycles. The Kier molecular flexibility index (Phi) is 3.81. The van der Waals surface area contributed by atoms with Crippen LogP contribution in [0.4, 0.5) is 10.8 Å². The first-order valence-electron chi connectivity index (χ1n) is 7.72. The summed E-state index contributed by atoms with van der Waals surface area (Å²) in [5.41, 5.74) is 0.740. The molecule has 1 N–H and O–H groups in total. The lowest BCUT2D eigenvalue weighted by Gasteiger charge is -2.05. The number of carbonyl (C=O) groups excluding carboxylic acids is 1. The fraction of sp³-hybridized carbons (Fsp3) is 0.176. The minimum atomic E-state index is -0.464. The molecule has 1 fully saturated rings. The number of hydrogen-bond donors (Lipinski definition) is 1. The number of hydrogen-bond acceptors (Lipinski definition) is 6. The van der Waals surface area contributed by atoms with Gasteiger partial charge >= 0.3 is 0 Å². The Morgan fingerprint density at radius 1 is 1.24 bits per heavy atom. The van der Waals surface area contributed by atoms with E-state index in [0.29, 0.717) is 16.6 Å². The van der Waals surface area contributed by atoms with Crippen LogP contribution in [-0.2, 0) is 4.79 Å². The topological polar surface area (TPSA) is 94.4 Å². The van der Waals surface area contributed by atoms with Gasteiger partial charge in [-0.2, -0.15) is 0 Å². The van der Waals surface area contributed by atoms with E-state index in [1.54, 1.807) is 30.3 Å². The minimum absolute atomic E-state index is 0.0205. The van der Waals surface area contributed by atoms with Gasteiger partial charge in [-0.05, 0) is 31.0 Å². The number of rotatable bonds is 5. The molecule has 1 heterocycles. The van der Waals surface area contributed by atoms with E-state index in [0.717, 1.165) is 23.1 Å². The number of fused-ring (bicyclic) bond motifs is 1. The number of nitrogens with zero attached hydrogens (tertiary/aromatic N) is 2. The zero-order chi connectivity index (χ0) is 17.4. The van der Waals surface area contributed by atoms with Crippen molar-refractivity contribution in [1.29, 1.82) is 0 Å². The Morgan fingerprint density at radius 3 is 2.80 bits per heavy atom. The van der Waals surface area contributed by atoms with Crippen LogP contribution in [0.25, 0.3) is 10.2 Å². The normalized spacial score (nSPS) is 13.6. The number of benzene rings is 2. The van der Waals surface area contributed by atoms with Crippen molar-refractivity contribution in [3.8, 4) is 11.5 Å². The van der Waals surface area contributed by atoms with Crippen molar-refractivity contribution < 1.29 is 14.5 Å². The Bertz CT molecular complexity index is 981. The summed E-state index contributed by atoms with van der Waals surface area (Å²) in [6.07, 6.45) is 1.88. The number of nitrogens with one attached hydrogen (secondary N) is 1. The van der Waals surface area contributed by atoms with Crippen LogP contribution in [-0.4, -0.2) is 15.8 Å². The molecule has 0 spiro atoms. The molecule has 1 aromatic heterocycles. The molecule has 0 radical (unpaired) electrons. The van der Waals surface area contributed by atoms with E-state index in [-0.39, 0.29) is 17.5 Å². The van der Waals surface area contributed by atoms with E-state index in [2.05, 4.69) is 10.3 Å². The highest BCUT2D eigenvalue weighted by molar-refractivity contribution is 7.22. The average molecular weight is 355 g/mol. The lowest BCUT2D eigenvalue weighted by atomic mass is 10.3. The minimum Gasteiger partial charge on any atom is -0.457 e. The summed E-state index contributed by atoms with van der Waals surface area (Å²) in [5.74, 6) is 1.09. The summed E-state index contributed by atoms with van der Waals surface area (Å²) in [6, 6.07) is 11.4. The van der Waals surface area contributed by atoms with E-state index in [9.17, 15) is 14.9 Å². The predicted octanol–water partition coefficient (Wildman–Crippen LogP) is 4.35. The van der Waals surface area contributed by atoms with Crippen molar-refractivity contribution in [2.75, 3.05) is 5.32 Å². The highest BCUT2D eigenvalue weighted by atomic mass is 32.1. The summed E-state index contributed by atoms with van der Waals surface area (Å²) in [4.78, 5) is 26.6. The molecule has 1 amide bonds. The third-order valence-electron chi connectivity index (χ3n) is 3.80. The number of carbonyl (C=O) groups is 1. The molecule has 4 rings (SSSR count). The number of nitro groups is 1. The Morgan fingerprint density at radius 2 is 2.04 bits per heavy atom. The molecule has 3 aromatic rings. The molecule has 8 heteroatoms. The molecular formula is C17H13N3O4S. The van der Waals surface area contributed by atoms with Crippen molar-refractivity contribution in [2.45, 2.75) is 12.8 Å². The highest BCUT2D eigenvalue weighted by Crippen LogP contribution is 2.34. The summed E-state index contributed by atoms with van der Waals surface area (Å²) in [7, 11) is 0. The lowest BCUT2D eigenvalue weighted by Crippen LogP contribution is -2.12. The number of nitro benzene ring substituents is 1. The molecule has 7 nitrogen and oxygen atoms in total. The van der Waals surface area contributed by atoms with Crippen LogP contribution in [0.3, 0.4) is 0 Å². The Hall–Kier alpha value is -3.00. The molecule has 2 aromatic carbocycles. The molecular weight excluding hydrogens is 342 g/mol. The van der Waals surface area contributed by atoms with Gasteiger partial charge in [-0.25, -0.2) is 4.98 Å². The zero-order valence-electron chi connectivity index (χ0n) is 13.0. The zero-order valence-corrected chi connectivity index (χ0v) is 13.8. The van der Waals surface area contributed by atoms with Crippen LogP contribution in [0.5, 0.6) is 11.5 Å². The highest BCUT2D eigenvalue weighted by Gasteiger charge is 2.30. The van der Waals surface area contributed by atoms with Crippen molar-refractivity contribution >= 4 is 38.3 Å². The number of ether oxygens (including phenoxy) is 1. The molecule has 0 saturated heterocycles. The maximum Gasteiger partial charge on any atom is 0.273 e. The number of anilines is 1. The Labute approximate surface area is 146 Å². The van der Waals surface area contributed by atoms with Gasteiger partial charge in [0.15, 0.2) is 5.13 Å². The third-order valence-corrected chi connectivity index (χ3v) is 4.74. The second-order valence-corrected chi connectivity index (χ2v) is 6.80. The van der Waals surface area contributed by atoms with E-state index in [1.807, 2.05) is 0 Å². The van der Waals surface area contributed by atoms with Crippen LogP contribution in [0.2, 0.25) is 0 Å². The molecule has 0 atom stereocenters. The molecule has 0 bridgehead atoms. The summed E-state index contributed by atoms with van der Waals surface area (Å²) < 4.78 is 6.57. The second-order valence-electron chi connectivity index (χ2n) is 5.77. The SMILES string of the molecule is O=C(Nc1nc2ccc(Oc3cccc([N+](=O)[O-])c3)cc2s1)C1CC1. The average Bonchev–Trinajstić information content (AvgIpc) is 3.36. The fourth-order valence-electron chi connectivity index (χ4n) is 2.37. The van der Waals surface area contributed by atoms with Gasteiger partial charge in [-0.3, -0.25) is 14.9 Å². The lowest BCUT2D eigenvalue weighted by molar-refractivity contribution is -0.384. The molecule has 1 saturated carbocycles. The van der Waals surface area contributed by atoms with E-state index in [1.165, 1.54) is 23.5 Å². The Balaban J connectivity index is 1.55. The summed E-state index contributed by atoms with van der Waals surface area (Å²) in [5, 5.41) is 14.2. The van der Waals surface area contributed by atoms with Gasteiger partial charge in [0.05, 0.1) is 21.2 Å². The number of non-ortho nitro benzene ring substituents is 1. The maximum atomic E-state index is 11.8. The first-order valence-corrected chi connectivity index (χ1v) is 8.54. The standard InChI is InChI=1S/C17H13N3O4S/c21-16(10-4-5-10)19-17-18-14-7-6-13(9-15(14)25-17)24-12-3-1-2-11(8-12)20(22)23/h1-3,6-10H,4-5H2,(H,18,19,21). The predicted molar refractivity (Wildman–Crippen MR) is 94.1 cm³/mol. The van der Waals surface area contributed by atoms with Crippen LogP contribution < -0.4 is 10.1 Å². The number of amides is 1. The third kappa shape index (κ3) is 3.43. The van der Waals surface area contributed by atoms with Crippen molar-refractivity contribution in [2.24, 2.45) is 5.92 Å². The van der Waals surface area contributed by atoms with Crippen LogP contribution >= 0.6 is 11.3 Å². The quantitative estimate of drug-likeness (QED) is 0.542. The largest absolute Gasteiger partial charge is 0.457 e. The van der Waals surface area contributed by atoms with Gasteiger partial charge < -0.3 is 10.1 Å². The molecule has 1 aliphatic rings. The number of thiazole rings is 1. The van der Waals surface area contributed by atoms with E-state index in [4.69, 9.17) is 4.74 Å². The van der Waals surface area contributed by atoms with Crippen molar-refractivity contribution in [3.63, 3.8) is 0 Å². The first-order chi connectivity index (χ1) is 12.1. The van der Waals surface area contributed by atoms with Gasteiger partial charge in [0, 0.05) is 18.1 Å². The van der Waals surface area contributed by atoms with E-state index >= 15 is 0 Å². The molecule has 0 aliphatic heterocycles. The van der Waals surface area contributed by atoms with E-state index < -0.39 is 4.92 Å². The van der Waals surface area contributed by atoms with Gasteiger partial charge in [0.1, 0.15) is 11.5 Å². The first kappa shape index (κ1) is 15.5. The van der Waals surface area contributed by atoms with Crippen LogP contribution in [0, 0.1) is 16.0 Å².